The molecule has 1 heterocycles. The molecule has 6 heteroatoms. The summed E-state index contributed by atoms with van der Waals surface area (Å²) < 4.78 is 43.3. The van der Waals surface area contributed by atoms with Crippen LogP contribution in [0.2, 0.25) is 0 Å². The number of nitrogens with zero attached hydrogens (tertiary/aromatic N) is 1. The molecule has 0 aliphatic carbocycles. The minimum absolute atomic E-state index is 0.0745. The van der Waals surface area contributed by atoms with Crippen molar-refractivity contribution in [2.45, 2.75) is 25.6 Å². The minimum Gasteiger partial charge on any atom is -0.397 e. The number of piperidine rings is 1. The fraction of sp³-hybridized carbons (Fsp3) is 0.571. The Labute approximate surface area is 116 Å². The topological polar surface area (TPSA) is 38.5 Å². The number of benzene rings is 1. The van der Waals surface area contributed by atoms with Crippen LogP contribution in [0.25, 0.3) is 0 Å². The van der Waals surface area contributed by atoms with Crippen LogP contribution in [0.1, 0.15) is 18.9 Å². The number of alkyl halides is 3. The lowest BCUT2D eigenvalue weighted by Crippen LogP contribution is -2.44. The molecule has 0 saturated carbocycles. The molecule has 2 unspecified atom stereocenters. The zero-order chi connectivity index (χ0) is 14.9. The molecule has 2 rings (SSSR count). The number of nitrogens with two attached hydrogens (primary N) is 1. The van der Waals surface area contributed by atoms with Gasteiger partial charge in [0.15, 0.2) is 0 Å². The summed E-state index contributed by atoms with van der Waals surface area (Å²) in [6.07, 6.45) is -3.36. The smallest absolute Gasteiger partial charge is 0.397 e. The first-order valence-electron chi connectivity index (χ1n) is 6.57. The van der Waals surface area contributed by atoms with Gasteiger partial charge in [-0.25, -0.2) is 0 Å². The molecule has 112 valence electrons. The first-order valence-corrected chi connectivity index (χ1v) is 6.57. The standard InChI is InChI=1S/C14H19F3N2O/c1-9-5-6-19(8-13(9)20-2)12-4-3-10(7-11(12)18)14(15,16)17/h3-4,7,9,13H,5-6,8,18H2,1-2H3. The third-order valence-corrected chi connectivity index (χ3v) is 3.89. The summed E-state index contributed by atoms with van der Waals surface area (Å²) in [5.41, 5.74) is 5.87. The molecule has 1 fully saturated rings. The third kappa shape index (κ3) is 3.00. The Kier molecular flexibility index (Phi) is 4.13. The molecule has 0 radical (unpaired) electrons. The molecule has 1 aromatic rings. The van der Waals surface area contributed by atoms with Crippen molar-refractivity contribution in [3.8, 4) is 0 Å². The number of ether oxygens (including phenoxy) is 1. The van der Waals surface area contributed by atoms with Crippen molar-refractivity contribution >= 4 is 11.4 Å². The Hall–Kier alpha value is -1.43. The number of hydrogen-bond acceptors (Lipinski definition) is 3. The highest BCUT2D eigenvalue weighted by atomic mass is 19.4. The van der Waals surface area contributed by atoms with Gasteiger partial charge in [0.25, 0.3) is 0 Å². The molecule has 20 heavy (non-hydrogen) atoms. The molecule has 1 aromatic carbocycles. The predicted octanol–water partition coefficient (Wildman–Crippen LogP) is 3.15. The maximum Gasteiger partial charge on any atom is 0.416 e. The van der Waals surface area contributed by atoms with Crippen LogP contribution in [0.3, 0.4) is 0 Å². The third-order valence-electron chi connectivity index (χ3n) is 3.89. The van der Waals surface area contributed by atoms with Gasteiger partial charge < -0.3 is 15.4 Å². The lowest BCUT2D eigenvalue weighted by Gasteiger charge is -2.38. The van der Waals surface area contributed by atoms with Gasteiger partial charge in [-0.2, -0.15) is 13.2 Å². The molecule has 2 atom stereocenters. The monoisotopic (exact) mass is 288 g/mol. The van der Waals surface area contributed by atoms with Gasteiger partial charge in [-0.05, 0) is 30.5 Å². The number of methoxy groups -OCH3 is 1. The largest absolute Gasteiger partial charge is 0.416 e. The quantitative estimate of drug-likeness (QED) is 0.850. The van der Waals surface area contributed by atoms with E-state index in [1.54, 1.807) is 7.11 Å². The maximum atomic E-state index is 12.6. The average molecular weight is 288 g/mol. The first-order chi connectivity index (χ1) is 9.32. The van der Waals surface area contributed by atoms with Crippen LogP contribution in [0.4, 0.5) is 24.5 Å². The summed E-state index contributed by atoms with van der Waals surface area (Å²) in [5.74, 6) is 0.437. The second kappa shape index (κ2) is 5.52. The Morgan fingerprint density at radius 3 is 2.60 bits per heavy atom. The molecule has 0 aromatic heterocycles. The van der Waals surface area contributed by atoms with Gasteiger partial charge in [0, 0.05) is 20.2 Å². The van der Waals surface area contributed by atoms with E-state index in [0.717, 1.165) is 25.1 Å². The van der Waals surface area contributed by atoms with E-state index in [0.29, 0.717) is 18.2 Å². The molecule has 0 bridgehead atoms. The van der Waals surface area contributed by atoms with E-state index in [2.05, 4.69) is 6.92 Å². The number of nitrogen functional groups attached to an aromatic ring is 1. The van der Waals surface area contributed by atoms with Crippen molar-refractivity contribution in [1.82, 2.24) is 0 Å². The van der Waals surface area contributed by atoms with Gasteiger partial charge >= 0.3 is 6.18 Å². The second-order valence-corrected chi connectivity index (χ2v) is 5.26. The number of anilines is 2. The van der Waals surface area contributed by atoms with Crippen molar-refractivity contribution < 1.29 is 17.9 Å². The van der Waals surface area contributed by atoms with E-state index in [1.807, 2.05) is 4.90 Å². The summed E-state index contributed by atoms with van der Waals surface area (Å²) in [5, 5.41) is 0. The van der Waals surface area contributed by atoms with Crippen molar-refractivity contribution in [2.75, 3.05) is 30.8 Å². The molecular formula is C14H19F3N2O. The second-order valence-electron chi connectivity index (χ2n) is 5.26. The summed E-state index contributed by atoms with van der Waals surface area (Å²) >= 11 is 0. The molecule has 0 spiro atoms. The average Bonchev–Trinajstić information content (AvgIpc) is 2.38. The Bertz CT molecular complexity index is 476. The minimum atomic E-state index is -4.36. The van der Waals surface area contributed by atoms with Crippen LogP contribution in [0, 0.1) is 5.92 Å². The van der Waals surface area contributed by atoms with E-state index >= 15 is 0 Å². The van der Waals surface area contributed by atoms with E-state index in [9.17, 15) is 13.2 Å². The Morgan fingerprint density at radius 2 is 2.05 bits per heavy atom. The van der Waals surface area contributed by atoms with Crippen LogP contribution in [0.5, 0.6) is 0 Å². The number of hydrogen-bond donors (Lipinski definition) is 1. The molecule has 1 saturated heterocycles. The lowest BCUT2D eigenvalue weighted by molar-refractivity contribution is -0.137. The molecule has 1 aliphatic heterocycles. The van der Waals surface area contributed by atoms with Crippen LogP contribution >= 0.6 is 0 Å². The summed E-state index contributed by atoms with van der Waals surface area (Å²) in [6.45, 7) is 3.53. The predicted molar refractivity (Wildman–Crippen MR) is 72.6 cm³/mol. The Balaban J connectivity index is 2.21. The lowest BCUT2D eigenvalue weighted by atomic mass is 9.95. The Morgan fingerprint density at radius 1 is 1.35 bits per heavy atom. The zero-order valence-electron chi connectivity index (χ0n) is 11.6. The summed E-state index contributed by atoms with van der Waals surface area (Å²) in [7, 11) is 1.65. The maximum absolute atomic E-state index is 12.6. The fourth-order valence-electron chi connectivity index (χ4n) is 2.58. The molecule has 3 nitrogen and oxygen atoms in total. The van der Waals surface area contributed by atoms with Crippen molar-refractivity contribution in [2.24, 2.45) is 5.92 Å². The summed E-state index contributed by atoms with van der Waals surface area (Å²) in [6, 6.07) is 3.52. The van der Waals surface area contributed by atoms with E-state index in [1.165, 1.54) is 6.07 Å². The van der Waals surface area contributed by atoms with Crippen LogP contribution in [-0.4, -0.2) is 26.3 Å². The van der Waals surface area contributed by atoms with Gasteiger partial charge in [-0.3, -0.25) is 0 Å². The van der Waals surface area contributed by atoms with E-state index in [4.69, 9.17) is 10.5 Å². The summed E-state index contributed by atoms with van der Waals surface area (Å²) in [4.78, 5) is 1.99. The van der Waals surface area contributed by atoms with Gasteiger partial charge in [-0.15, -0.1) is 0 Å². The number of rotatable bonds is 2. The van der Waals surface area contributed by atoms with Crippen LogP contribution in [-0.2, 0) is 10.9 Å². The SMILES string of the molecule is COC1CN(c2ccc(C(F)(F)F)cc2N)CCC1C. The highest BCUT2D eigenvalue weighted by Crippen LogP contribution is 2.35. The van der Waals surface area contributed by atoms with Crippen LogP contribution < -0.4 is 10.6 Å². The van der Waals surface area contributed by atoms with Crippen molar-refractivity contribution in [3.63, 3.8) is 0 Å². The van der Waals surface area contributed by atoms with E-state index in [-0.39, 0.29) is 11.8 Å². The van der Waals surface area contributed by atoms with E-state index < -0.39 is 11.7 Å². The number of halogens is 3. The molecule has 1 aliphatic rings. The van der Waals surface area contributed by atoms with Gasteiger partial charge in [0.1, 0.15) is 0 Å². The van der Waals surface area contributed by atoms with Gasteiger partial charge in [0.05, 0.1) is 23.0 Å². The molecule has 0 amide bonds. The highest BCUT2D eigenvalue weighted by Gasteiger charge is 2.32. The van der Waals surface area contributed by atoms with Gasteiger partial charge in [-0.1, -0.05) is 6.92 Å². The highest BCUT2D eigenvalue weighted by molar-refractivity contribution is 5.69. The fourth-order valence-corrected chi connectivity index (χ4v) is 2.58. The van der Waals surface area contributed by atoms with Crippen molar-refractivity contribution in [3.05, 3.63) is 23.8 Å². The van der Waals surface area contributed by atoms with Gasteiger partial charge in [0.2, 0.25) is 0 Å². The van der Waals surface area contributed by atoms with Crippen LogP contribution in [0.15, 0.2) is 18.2 Å². The molecule has 2 N–H and O–H groups in total. The zero-order valence-corrected chi connectivity index (χ0v) is 11.6. The van der Waals surface area contributed by atoms with Crippen molar-refractivity contribution in [1.29, 1.82) is 0 Å². The first kappa shape index (κ1) is 15.0. The molecular weight excluding hydrogens is 269 g/mol. The normalized spacial score (nSPS) is 23.9.